The minimum absolute atomic E-state index is 0.0109. The number of nitrogens with zero attached hydrogens (tertiary/aromatic N) is 1. The van der Waals surface area contributed by atoms with Gasteiger partial charge in [0, 0.05) is 13.7 Å². The van der Waals surface area contributed by atoms with Crippen LogP contribution in [-0.4, -0.2) is 50.3 Å². The van der Waals surface area contributed by atoms with Gasteiger partial charge in [0.2, 0.25) is 0 Å². The lowest BCUT2D eigenvalue weighted by Gasteiger charge is -2.13. The zero-order valence-corrected chi connectivity index (χ0v) is 9.98. The van der Waals surface area contributed by atoms with Crippen LogP contribution in [0.1, 0.15) is 25.7 Å². The lowest BCUT2D eigenvalue weighted by atomic mass is 10.4. The minimum atomic E-state index is -0.0757. The van der Waals surface area contributed by atoms with Crippen LogP contribution in [0, 0.1) is 5.92 Å². The number of hydrogen-bond acceptors (Lipinski definition) is 4. The zero-order valence-electron chi connectivity index (χ0n) is 9.98. The van der Waals surface area contributed by atoms with E-state index in [0.29, 0.717) is 6.61 Å². The second-order valence-corrected chi connectivity index (χ2v) is 4.69. The average molecular weight is 227 g/mol. The van der Waals surface area contributed by atoms with Crippen LogP contribution in [0.5, 0.6) is 0 Å². The summed E-state index contributed by atoms with van der Waals surface area (Å²) in [7, 11) is 1.64. The Hall–Kier alpha value is -0.610. The fourth-order valence-electron chi connectivity index (χ4n) is 2.25. The molecule has 1 saturated carbocycles. The topological polar surface area (TPSA) is 38.8 Å². The van der Waals surface area contributed by atoms with Gasteiger partial charge in [-0.2, -0.15) is 0 Å². The van der Waals surface area contributed by atoms with E-state index in [4.69, 9.17) is 9.47 Å². The summed E-state index contributed by atoms with van der Waals surface area (Å²) < 4.78 is 10.3. The van der Waals surface area contributed by atoms with Crippen LogP contribution in [-0.2, 0) is 14.3 Å². The average Bonchev–Trinajstić information content (AvgIpc) is 2.92. The maximum atomic E-state index is 11.5. The van der Waals surface area contributed by atoms with Gasteiger partial charge in [-0.15, -0.1) is 0 Å². The Morgan fingerprint density at radius 2 is 2.12 bits per heavy atom. The van der Waals surface area contributed by atoms with E-state index in [1.807, 2.05) is 0 Å². The third kappa shape index (κ3) is 3.19. The summed E-state index contributed by atoms with van der Waals surface area (Å²) in [6, 6.07) is 0. The summed E-state index contributed by atoms with van der Waals surface area (Å²) in [4.78, 5) is 13.9. The van der Waals surface area contributed by atoms with Gasteiger partial charge in [0.15, 0.2) is 0 Å². The molecule has 0 amide bonds. The molecule has 1 aliphatic carbocycles. The van der Waals surface area contributed by atoms with Crippen LogP contribution < -0.4 is 0 Å². The Morgan fingerprint density at radius 3 is 2.75 bits per heavy atom. The molecule has 2 aliphatic rings. The maximum absolute atomic E-state index is 11.5. The predicted molar refractivity (Wildman–Crippen MR) is 60.2 cm³/mol. The fraction of sp³-hybridized carbons (Fsp3) is 0.917. The van der Waals surface area contributed by atoms with Gasteiger partial charge in [0.05, 0.1) is 18.6 Å². The second kappa shape index (κ2) is 5.64. The second-order valence-electron chi connectivity index (χ2n) is 4.69. The van der Waals surface area contributed by atoms with Crippen molar-refractivity contribution in [1.82, 2.24) is 4.90 Å². The van der Waals surface area contributed by atoms with E-state index in [2.05, 4.69) is 4.90 Å². The standard InChI is InChI=1S/C12H21NO3/c1-15-11-9-10(11)12(14)16-8-4-7-13-5-2-3-6-13/h10-11H,2-9H2,1H3. The van der Waals surface area contributed by atoms with Crippen molar-refractivity contribution in [3.63, 3.8) is 0 Å². The molecule has 2 rings (SSSR count). The van der Waals surface area contributed by atoms with Crippen molar-refractivity contribution < 1.29 is 14.3 Å². The highest BCUT2D eigenvalue weighted by molar-refractivity contribution is 5.76. The molecule has 2 fully saturated rings. The highest BCUT2D eigenvalue weighted by atomic mass is 16.5. The molecule has 4 nitrogen and oxygen atoms in total. The molecule has 1 saturated heterocycles. The number of rotatable bonds is 6. The minimum Gasteiger partial charge on any atom is -0.465 e. The molecule has 0 aromatic carbocycles. The smallest absolute Gasteiger partial charge is 0.311 e. The van der Waals surface area contributed by atoms with Crippen molar-refractivity contribution in [3.05, 3.63) is 0 Å². The Kier molecular flexibility index (Phi) is 4.18. The quantitative estimate of drug-likeness (QED) is 0.502. The highest BCUT2D eigenvalue weighted by Crippen LogP contribution is 2.34. The molecule has 1 aliphatic heterocycles. The van der Waals surface area contributed by atoms with Crippen molar-refractivity contribution in [2.75, 3.05) is 33.4 Å². The summed E-state index contributed by atoms with van der Waals surface area (Å²) in [5.74, 6) is -0.0648. The van der Waals surface area contributed by atoms with Crippen LogP contribution >= 0.6 is 0 Å². The van der Waals surface area contributed by atoms with E-state index in [1.165, 1.54) is 25.9 Å². The number of ether oxygens (including phenoxy) is 2. The summed E-state index contributed by atoms with van der Waals surface area (Å²) >= 11 is 0. The van der Waals surface area contributed by atoms with E-state index in [0.717, 1.165) is 19.4 Å². The first-order valence-electron chi connectivity index (χ1n) is 6.23. The summed E-state index contributed by atoms with van der Waals surface area (Å²) in [5.41, 5.74) is 0. The molecule has 2 atom stereocenters. The largest absolute Gasteiger partial charge is 0.465 e. The zero-order chi connectivity index (χ0) is 11.4. The fourth-order valence-corrected chi connectivity index (χ4v) is 2.25. The summed E-state index contributed by atoms with van der Waals surface area (Å²) in [5, 5.41) is 0. The lowest BCUT2D eigenvalue weighted by Crippen LogP contribution is -2.22. The molecule has 0 aromatic rings. The first kappa shape index (κ1) is 11.9. The molecule has 0 aromatic heterocycles. The first-order chi connectivity index (χ1) is 7.81. The van der Waals surface area contributed by atoms with Crippen molar-refractivity contribution in [2.24, 2.45) is 5.92 Å². The van der Waals surface area contributed by atoms with Crippen LogP contribution in [0.2, 0.25) is 0 Å². The third-order valence-electron chi connectivity index (χ3n) is 3.40. The van der Waals surface area contributed by atoms with Gasteiger partial charge >= 0.3 is 5.97 Å². The highest BCUT2D eigenvalue weighted by Gasteiger charge is 2.44. The Bertz CT molecular complexity index is 238. The van der Waals surface area contributed by atoms with Gasteiger partial charge in [-0.25, -0.2) is 0 Å². The maximum Gasteiger partial charge on any atom is 0.311 e. The number of carbonyl (C=O) groups excluding carboxylic acids is 1. The third-order valence-corrected chi connectivity index (χ3v) is 3.40. The van der Waals surface area contributed by atoms with E-state index in [9.17, 15) is 4.79 Å². The van der Waals surface area contributed by atoms with E-state index in [1.54, 1.807) is 7.11 Å². The number of hydrogen-bond donors (Lipinski definition) is 0. The van der Waals surface area contributed by atoms with Gasteiger partial charge in [-0.1, -0.05) is 0 Å². The van der Waals surface area contributed by atoms with Crippen LogP contribution in [0.3, 0.4) is 0 Å². The Balaban J connectivity index is 1.49. The van der Waals surface area contributed by atoms with E-state index >= 15 is 0 Å². The molecule has 4 heteroatoms. The Labute approximate surface area is 96.9 Å². The monoisotopic (exact) mass is 227 g/mol. The molecule has 16 heavy (non-hydrogen) atoms. The molecule has 92 valence electrons. The van der Waals surface area contributed by atoms with Crippen LogP contribution in [0.25, 0.3) is 0 Å². The predicted octanol–water partition coefficient (Wildman–Crippen LogP) is 1.05. The van der Waals surface area contributed by atoms with Crippen molar-refractivity contribution in [2.45, 2.75) is 31.8 Å². The van der Waals surface area contributed by atoms with Crippen LogP contribution in [0.15, 0.2) is 0 Å². The van der Waals surface area contributed by atoms with Gasteiger partial charge in [0.1, 0.15) is 0 Å². The molecule has 0 bridgehead atoms. The lowest BCUT2D eigenvalue weighted by molar-refractivity contribution is -0.146. The Morgan fingerprint density at radius 1 is 1.38 bits per heavy atom. The van der Waals surface area contributed by atoms with Gasteiger partial charge in [-0.05, 0) is 38.8 Å². The normalized spacial score (nSPS) is 29.3. The molecule has 2 unspecified atom stereocenters. The number of likely N-dealkylation sites (tertiary alicyclic amines) is 1. The number of esters is 1. The molecule has 0 spiro atoms. The summed E-state index contributed by atoms with van der Waals surface area (Å²) in [6.45, 7) is 4.04. The van der Waals surface area contributed by atoms with Gasteiger partial charge < -0.3 is 14.4 Å². The van der Waals surface area contributed by atoms with Gasteiger partial charge in [-0.3, -0.25) is 4.79 Å². The first-order valence-corrected chi connectivity index (χ1v) is 6.23. The SMILES string of the molecule is COC1CC1C(=O)OCCCN1CCCC1. The van der Waals surface area contributed by atoms with Gasteiger partial charge in [0.25, 0.3) is 0 Å². The van der Waals surface area contributed by atoms with Crippen molar-refractivity contribution in [3.8, 4) is 0 Å². The van der Waals surface area contributed by atoms with E-state index in [-0.39, 0.29) is 18.0 Å². The molecule has 1 heterocycles. The molecular formula is C12H21NO3. The molecular weight excluding hydrogens is 206 g/mol. The van der Waals surface area contributed by atoms with E-state index < -0.39 is 0 Å². The number of carbonyl (C=O) groups is 1. The van der Waals surface area contributed by atoms with Crippen molar-refractivity contribution in [1.29, 1.82) is 0 Å². The van der Waals surface area contributed by atoms with Crippen molar-refractivity contribution >= 4 is 5.97 Å². The molecule has 0 N–H and O–H groups in total. The number of methoxy groups -OCH3 is 1. The summed E-state index contributed by atoms with van der Waals surface area (Å²) in [6.07, 6.45) is 4.54. The molecule has 0 radical (unpaired) electrons. The van der Waals surface area contributed by atoms with Crippen LogP contribution in [0.4, 0.5) is 0 Å².